The minimum Gasteiger partial charge on any atom is -0.355 e. The van der Waals surface area contributed by atoms with E-state index >= 15 is 0 Å². The van der Waals surface area contributed by atoms with E-state index in [2.05, 4.69) is 5.32 Å². The molecule has 5 heteroatoms. The van der Waals surface area contributed by atoms with Gasteiger partial charge >= 0.3 is 0 Å². The van der Waals surface area contributed by atoms with Gasteiger partial charge < -0.3 is 11.1 Å². The summed E-state index contributed by atoms with van der Waals surface area (Å²) in [5.74, 6) is 0.717. The van der Waals surface area contributed by atoms with Crippen molar-refractivity contribution in [3.63, 3.8) is 0 Å². The van der Waals surface area contributed by atoms with Gasteiger partial charge in [-0.15, -0.1) is 12.4 Å². The van der Waals surface area contributed by atoms with Crippen LogP contribution in [0.25, 0.3) is 0 Å². The van der Waals surface area contributed by atoms with Crippen LogP contribution >= 0.6 is 12.4 Å². The maximum Gasteiger partial charge on any atom is 0.224 e. The molecular weight excluding hydrogens is 315 g/mol. The van der Waals surface area contributed by atoms with Crippen LogP contribution in [-0.4, -0.2) is 18.5 Å². The summed E-state index contributed by atoms with van der Waals surface area (Å²) in [4.78, 5) is 12.5. The van der Waals surface area contributed by atoms with Crippen LogP contribution < -0.4 is 11.1 Å². The number of carbonyl (C=O) groups is 1. The normalized spacial score (nSPS) is 29.2. The SMILES string of the molecule is CC(C)(CNC(=O)C1C2CCC(C2)C1N)c1ccccc1F.Cl. The van der Waals surface area contributed by atoms with Gasteiger partial charge in [-0.1, -0.05) is 32.0 Å². The monoisotopic (exact) mass is 340 g/mol. The number of hydrogen-bond acceptors (Lipinski definition) is 2. The summed E-state index contributed by atoms with van der Waals surface area (Å²) in [5.41, 5.74) is 6.41. The Morgan fingerprint density at radius 2 is 1.96 bits per heavy atom. The number of hydrogen-bond donors (Lipinski definition) is 2. The molecule has 2 aliphatic carbocycles. The van der Waals surface area contributed by atoms with Crippen molar-refractivity contribution in [2.45, 2.75) is 44.6 Å². The molecule has 0 heterocycles. The molecule has 3 nitrogen and oxygen atoms in total. The molecule has 2 fully saturated rings. The summed E-state index contributed by atoms with van der Waals surface area (Å²) in [6.45, 7) is 4.33. The molecule has 2 bridgehead atoms. The second-order valence-electron chi connectivity index (χ2n) is 7.52. The molecule has 4 atom stereocenters. The van der Waals surface area contributed by atoms with Crippen molar-refractivity contribution in [2.75, 3.05) is 6.54 Å². The average Bonchev–Trinajstić information content (AvgIpc) is 3.06. The van der Waals surface area contributed by atoms with Crippen molar-refractivity contribution >= 4 is 18.3 Å². The Kier molecular flexibility index (Phi) is 5.37. The van der Waals surface area contributed by atoms with E-state index in [0.717, 1.165) is 19.3 Å². The fourth-order valence-electron chi connectivity index (χ4n) is 4.26. The van der Waals surface area contributed by atoms with Gasteiger partial charge in [-0.25, -0.2) is 4.39 Å². The first-order valence-electron chi connectivity index (χ1n) is 8.18. The highest BCUT2D eigenvalue weighted by Crippen LogP contribution is 2.47. The standard InChI is InChI=1S/C18H25FN2O.ClH/c1-18(2,13-5-3-4-6-14(13)19)10-21-17(22)15-11-7-8-12(9-11)16(15)20;/h3-6,11-12,15-16H,7-10,20H2,1-2H3,(H,21,22);1H. The van der Waals surface area contributed by atoms with Gasteiger partial charge in [-0.05, 0) is 42.7 Å². The number of carbonyl (C=O) groups excluding carboxylic acids is 1. The summed E-state index contributed by atoms with van der Waals surface area (Å²) in [6, 6.07) is 6.75. The van der Waals surface area contributed by atoms with Gasteiger partial charge in [0.1, 0.15) is 5.82 Å². The molecule has 3 rings (SSSR count). The second-order valence-corrected chi connectivity index (χ2v) is 7.52. The Morgan fingerprint density at radius 1 is 1.30 bits per heavy atom. The Balaban J connectivity index is 0.00000192. The molecule has 0 aliphatic heterocycles. The van der Waals surface area contributed by atoms with Crippen molar-refractivity contribution < 1.29 is 9.18 Å². The average molecular weight is 341 g/mol. The molecule has 0 saturated heterocycles. The molecule has 3 N–H and O–H groups in total. The van der Waals surface area contributed by atoms with Crippen LogP contribution in [-0.2, 0) is 10.2 Å². The third-order valence-electron chi connectivity index (χ3n) is 5.59. The van der Waals surface area contributed by atoms with Crippen molar-refractivity contribution in [1.29, 1.82) is 0 Å². The van der Waals surface area contributed by atoms with Gasteiger partial charge in [0, 0.05) is 18.0 Å². The quantitative estimate of drug-likeness (QED) is 0.885. The lowest BCUT2D eigenvalue weighted by molar-refractivity contribution is -0.127. The fourth-order valence-corrected chi connectivity index (χ4v) is 4.26. The number of rotatable bonds is 4. The van der Waals surface area contributed by atoms with E-state index in [1.54, 1.807) is 12.1 Å². The Morgan fingerprint density at radius 3 is 2.57 bits per heavy atom. The van der Waals surface area contributed by atoms with E-state index in [-0.39, 0.29) is 36.1 Å². The molecule has 1 amide bonds. The second kappa shape index (κ2) is 6.78. The smallest absolute Gasteiger partial charge is 0.224 e. The first-order chi connectivity index (χ1) is 10.4. The van der Waals surface area contributed by atoms with Crippen molar-refractivity contribution in [3.05, 3.63) is 35.6 Å². The highest BCUT2D eigenvalue weighted by molar-refractivity contribution is 5.85. The van der Waals surface area contributed by atoms with Gasteiger partial charge in [0.15, 0.2) is 0 Å². The molecule has 2 saturated carbocycles. The summed E-state index contributed by atoms with van der Waals surface area (Å²) in [5, 5.41) is 3.02. The molecule has 1 aromatic rings. The number of amides is 1. The Hall–Kier alpha value is -1.13. The number of halogens is 2. The first-order valence-corrected chi connectivity index (χ1v) is 8.18. The predicted octanol–water partition coefficient (Wildman–Crippen LogP) is 3.01. The number of benzene rings is 1. The summed E-state index contributed by atoms with van der Waals surface area (Å²) in [6.07, 6.45) is 3.37. The van der Waals surface area contributed by atoms with E-state index in [4.69, 9.17) is 5.73 Å². The zero-order chi connectivity index (χ0) is 15.9. The van der Waals surface area contributed by atoms with Gasteiger partial charge in [-0.2, -0.15) is 0 Å². The minimum atomic E-state index is -0.442. The molecule has 23 heavy (non-hydrogen) atoms. The van der Waals surface area contributed by atoms with Crippen LogP contribution in [0, 0.1) is 23.6 Å². The number of nitrogens with one attached hydrogen (secondary N) is 1. The number of nitrogens with two attached hydrogens (primary N) is 1. The van der Waals surface area contributed by atoms with Crippen LogP contribution in [0.1, 0.15) is 38.7 Å². The fraction of sp³-hybridized carbons (Fsp3) is 0.611. The van der Waals surface area contributed by atoms with Gasteiger partial charge in [0.25, 0.3) is 0 Å². The van der Waals surface area contributed by atoms with Gasteiger partial charge in [-0.3, -0.25) is 4.79 Å². The highest BCUT2D eigenvalue weighted by Gasteiger charge is 2.49. The lowest BCUT2D eigenvalue weighted by Crippen LogP contribution is -2.47. The highest BCUT2D eigenvalue weighted by atomic mass is 35.5. The zero-order valence-corrected chi connectivity index (χ0v) is 14.5. The molecule has 1 aromatic carbocycles. The molecule has 4 unspecified atom stereocenters. The van der Waals surface area contributed by atoms with E-state index in [0.29, 0.717) is 23.9 Å². The molecule has 0 radical (unpaired) electrons. The topological polar surface area (TPSA) is 55.1 Å². The van der Waals surface area contributed by atoms with Crippen molar-refractivity contribution in [2.24, 2.45) is 23.5 Å². The van der Waals surface area contributed by atoms with E-state index in [9.17, 15) is 9.18 Å². The summed E-state index contributed by atoms with van der Waals surface area (Å²) < 4.78 is 14.0. The maximum absolute atomic E-state index is 14.0. The van der Waals surface area contributed by atoms with Crippen LogP contribution in [0.2, 0.25) is 0 Å². The van der Waals surface area contributed by atoms with Crippen LogP contribution in [0.15, 0.2) is 24.3 Å². The summed E-state index contributed by atoms with van der Waals surface area (Å²) in [7, 11) is 0. The van der Waals surface area contributed by atoms with E-state index in [1.807, 2.05) is 19.9 Å². The van der Waals surface area contributed by atoms with E-state index < -0.39 is 5.41 Å². The molecule has 0 spiro atoms. The van der Waals surface area contributed by atoms with Crippen molar-refractivity contribution in [3.8, 4) is 0 Å². The van der Waals surface area contributed by atoms with E-state index in [1.165, 1.54) is 6.07 Å². The van der Waals surface area contributed by atoms with Crippen molar-refractivity contribution in [1.82, 2.24) is 5.32 Å². The van der Waals surface area contributed by atoms with Gasteiger partial charge in [0.05, 0.1) is 5.92 Å². The zero-order valence-electron chi connectivity index (χ0n) is 13.7. The Labute approximate surface area is 143 Å². The third kappa shape index (κ3) is 3.38. The molecule has 0 aromatic heterocycles. The largest absolute Gasteiger partial charge is 0.355 e. The lowest BCUT2D eigenvalue weighted by Gasteiger charge is -2.30. The predicted molar refractivity (Wildman–Crippen MR) is 92.0 cm³/mol. The summed E-state index contributed by atoms with van der Waals surface area (Å²) >= 11 is 0. The minimum absolute atomic E-state index is 0. The van der Waals surface area contributed by atoms with Crippen LogP contribution in [0.3, 0.4) is 0 Å². The van der Waals surface area contributed by atoms with Crippen LogP contribution in [0.4, 0.5) is 4.39 Å². The maximum atomic E-state index is 14.0. The lowest BCUT2D eigenvalue weighted by atomic mass is 9.82. The van der Waals surface area contributed by atoms with Gasteiger partial charge in [0.2, 0.25) is 5.91 Å². The first kappa shape index (κ1) is 18.2. The number of fused-ring (bicyclic) bond motifs is 2. The molecule has 128 valence electrons. The molecular formula is C18H26ClFN2O. The Bertz CT molecular complexity index is 576. The van der Waals surface area contributed by atoms with Crippen LogP contribution in [0.5, 0.6) is 0 Å². The molecule has 2 aliphatic rings. The third-order valence-corrected chi connectivity index (χ3v) is 5.59.